The van der Waals surface area contributed by atoms with Crippen molar-refractivity contribution >= 4 is 5.91 Å². The summed E-state index contributed by atoms with van der Waals surface area (Å²) in [5.41, 5.74) is 2.48. The average Bonchev–Trinajstić information content (AvgIpc) is 2.93. The SMILES string of the molecule is CCCn1ncc(C(=O)N(CCCO)Cc2cccnc2)c1C. The van der Waals surface area contributed by atoms with Crippen molar-refractivity contribution in [1.29, 1.82) is 0 Å². The Balaban J connectivity index is 2.19. The van der Waals surface area contributed by atoms with Gasteiger partial charge in [-0.3, -0.25) is 14.5 Å². The summed E-state index contributed by atoms with van der Waals surface area (Å²) in [6.45, 7) is 5.85. The summed E-state index contributed by atoms with van der Waals surface area (Å²) >= 11 is 0. The molecule has 2 heterocycles. The normalized spacial score (nSPS) is 10.7. The summed E-state index contributed by atoms with van der Waals surface area (Å²) < 4.78 is 1.86. The molecule has 1 amide bonds. The fourth-order valence-electron chi connectivity index (χ4n) is 2.49. The summed E-state index contributed by atoms with van der Waals surface area (Å²) in [5.74, 6) is -0.0536. The number of nitrogens with zero attached hydrogens (tertiary/aromatic N) is 4. The van der Waals surface area contributed by atoms with Crippen LogP contribution < -0.4 is 0 Å². The van der Waals surface area contributed by atoms with E-state index in [4.69, 9.17) is 5.11 Å². The third-order valence-electron chi connectivity index (χ3n) is 3.74. The molecule has 6 nitrogen and oxygen atoms in total. The predicted octanol–water partition coefficient (Wildman–Crippen LogP) is 2.02. The van der Waals surface area contributed by atoms with Crippen molar-refractivity contribution in [2.75, 3.05) is 13.2 Å². The summed E-state index contributed by atoms with van der Waals surface area (Å²) in [6, 6.07) is 3.80. The standard InChI is InChI=1S/C17H24N4O2/c1-3-8-21-14(2)16(12-19-21)17(23)20(9-5-10-22)13-15-6-4-7-18-11-15/h4,6-7,11-12,22H,3,5,8-10,13H2,1-2H3. The zero-order chi connectivity index (χ0) is 16.7. The van der Waals surface area contributed by atoms with E-state index in [1.807, 2.05) is 23.7 Å². The van der Waals surface area contributed by atoms with Crippen molar-refractivity contribution in [2.24, 2.45) is 0 Å². The summed E-state index contributed by atoms with van der Waals surface area (Å²) in [7, 11) is 0. The van der Waals surface area contributed by atoms with E-state index in [0.29, 0.717) is 25.1 Å². The lowest BCUT2D eigenvalue weighted by Crippen LogP contribution is -2.32. The van der Waals surface area contributed by atoms with Gasteiger partial charge in [-0.15, -0.1) is 0 Å². The molecule has 6 heteroatoms. The molecule has 0 aliphatic heterocycles. The molecule has 0 radical (unpaired) electrons. The molecule has 0 atom stereocenters. The molecular weight excluding hydrogens is 292 g/mol. The number of hydrogen-bond donors (Lipinski definition) is 1. The van der Waals surface area contributed by atoms with Crippen LogP contribution in [0.3, 0.4) is 0 Å². The van der Waals surface area contributed by atoms with Gasteiger partial charge in [0.15, 0.2) is 0 Å². The molecule has 0 bridgehead atoms. The molecule has 0 saturated carbocycles. The molecule has 0 fully saturated rings. The summed E-state index contributed by atoms with van der Waals surface area (Å²) in [5, 5.41) is 13.4. The van der Waals surface area contributed by atoms with E-state index in [2.05, 4.69) is 17.0 Å². The first-order valence-corrected chi connectivity index (χ1v) is 7.98. The average molecular weight is 316 g/mol. The molecular formula is C17H24N4O2. The van der Waals surface area contributed by atoms with Crippen molar-refractivity contribution in [1.82, 2.24) is 19.7 Å². The Morgan fingerprint density at radius 1 is 1.39 bits per heavy atom. The molecule has 0 spiro atoms. The molecule has 2 rings (SSSR count). The number of aryl methyl sites for hydroxylation is 1. The Hall–Kier alpha value is -2.21. The van der Waals surface area contributed by atoms with Crippen LogP contribution in [0.15, 0.2) is 30.7 Å². The maximum atomic E-state index is 12.9. The number of carbonyl (C=O) groups is 1. The number of rotatable bonds is 8. The van der Waals surface area contributed by atoms with Gasteiger partial charge >= 0.3 is 0 Å². The minimum atomic E-state index is -0.0536. The Bertz CT molecular complexity index is 625. The van der Waals surface area contributed by atoms with Gasteiger partial charge in [-0.05, 0) is 31.4 Å². The highest BCUT2D eigenvalue weighted by molar-refractivity contribution is 5.95. The van der Waals surface area contributed by atoms with Gasteiger partial charge in [0.25, 0.3) is 5.91 Å². The smallest absolute Gasteiger partial charge is 0.257 e. The fraction of sp³-hybridized carbons (Fsp3) is 0.471. The van der Waals surface area contributed by atoms with E-state index < -0.39 is 0 Å². The second-order valence-electron chi connectivity index (χ2n) is 5.53. The van der Waals surface area contributed by atoms with Crippen LogP contribution in [0.25, 0.3) is 0 Å². The number of carbonyl (C=O) groups excluding carboxylic acids is 1. The third kappa shape index (κ3) is 4.39. The molecule has 2 aromatic rings. The Kier molecular flexibility index (Phi) is 6.29. The first-order valence-electron chi connectivity index (χ1n) is 7.98. The number of amides is 1. The Morgan fingerprint density at radius 2 is 2.22 bits per heavy atom. The maximum absolute atomic E-state index is 12.9. The molecule has 2 aromatic heterocycles. The fourth-order valence-corrected chi connectivity index (χ4v) is 2.49. The van der Waals surface area contributed by atoms with E-state index in [0.717, 1.165) is 24.2 Å². The van der Waals surface area contributed by atoms with Crippen LogP contribution >= 0.6 is 0 Å². The van der Waals surface area contributed by atoms with Crippen LogP contribution in [-0.2, 0) is 13.1 Å². The minimum Gasteiger partial charge on any atom is -0.396 e. The highest BCUT2D eigenvalue weighted by Crippen LogP contribution is 2.14. The summed E-state index contributed by atoms with van der Waals surface area (Å²) in [6.07, 6.45) is 6.63. The van der Waals surface area contributed by atoms with Gasteiger partial charge in [0.2, 0.25) is 0 Å². The number of aliphatic hydroxyl groups is 1. The van der Waals surface area contributed by atoms with E-state index in [1.165, 1.54) is 0 Å². The summed E-state index contributed by atoms with van der Waals surface area (Å²) in [4.78, 5) is 18.7. The molecule has 23 heavy (non-hydrogen) atoms. The molecule has 0 unspecified atom stereocenters. The van der Waals surface area contributed by atoms with Crippen molar-refractivity contribution in [3.05, 3.63) is 47.5 Å². The van der Waals surface area contributed by atoms with Crippen LogP contribution in [0.1, 0.15) is 41.4 Å². The molecule has 0 aliphatic rings. The largest absolute Gasteiger partial charge is 0.396 e. The number of hydrogen-bond acceptors (Lipinski definition) is 4. The highest BCUT2D eigenvalue weighted by Gasteiger charge is 2.20. The highest BCUT2D eigenvalue weighted by atomic mass is 16.3. The first-order chi connectivity index (χ1) is 11.2. The second kappa shape index (κ2) is 8.43. The van der Waals surface area contributed by atoms with Crippen molar-refractivity contribution in [2.45, 2.75) is 39.8 Å². The number of aliphatic hydroxyl groups excluding tert-OH is 1. The van der Waals surface area contributed by atoms with Gasteiger partial charge in [-0.1, -0.05) is 13.0 Å². The van der Waals surface area contributed by atoms with Gasteiger partial charge in [-0.25, -0.2) is 0 Å². The monoisotopic (exact) mass is 316 g/mol. The molecule has 0 aromatic carbocycles. The quantitative estimate of drug-likeness (QED) is 0.809. The van der Waals surface area contributed by atoms with E-state index in [-0.39, 0.29) is 12.5 Å². The topological polar surface area (TPSA) is 71.2 Å². The molecule has 124 valence electrons. The van der Waals surface area contributed by atoms with Crippen LogP contribution in [0.4, 0.5) is 0 Å². The van der Waals surface area contributed by atoms with Gasteiger partial charge in [0.1, 0.15) is 0 Å². The van der Waals surface area contributed by atoms with Gasteiger partial charge in [0, 0.05) is 44.3 Å². The lowest BCUT2D eigenvalue weighted by Gasteiger charge is -2.22. The number of pyridine rings is 1. The molecule has 0 saturated heterocycles. The maximum Gasteiger partial charge on any atom is 0.257 e. The van der Waals surface area contributed by atoms with Crippen molar-refractivity contribution < 1.29 is 9.90 Å². The van der Waals surface area contributed by atoms with Crippen molar-refractivity contribution in [3.8, 4) is 0 Å². The van der Waals surface area contributed by atoms with Gasteiger partial charge in [0.05, 0.1) is 11.8 Å². The van der Waals surface area contributed by atoms with E-state index in [9.17, 15) is 4.79 Å². The van der Waals surface area contributed by atoms with Gasteiger partial charge in [-0.2, -0.15) is 5.10 Å². The van der Waals surface area contributed by atoms with E-state index >= 15 is 0 Å². The van der Waals surface area contributed by atoms with E-state index in [1.54, 1.807) is 23.5 Å². The molecule has 0 aliphatic carbocycles. The van der Waals surface area contributed by atoms with Crippen LogP contribution in [0, 0.1) is 6.92 Å². The van der Waals surface area contributed by atoms with Crippen LogP contribution in [-0.4, -0.2) is 43.8 Å². The van der Waals surface area contributed by atoms with Crippen molar-refractivity contribution in [3.63, 3.8) is 0 Å². The Morgan fingerprint density at radius 3 is 2.87 bits per heavy atom. The molecule has 1 N–H and O–H groups in total. The second-order valence-corrected chi connectivity index (χ2v) is 5.53. The third-order valence-corrected chi connectivity index (χ3v) is 3.74. The Labute approximate surface area is 136 Å². The zero-order valence-electron chi connectivity index (χ0n) is 13.8. The predicted molar refractivity (Wildman–Crippen MR) is 87.9 cm³/mol. The van der Waals surface area contributed by atoms with Crippen LogP contribution in [0.2, 0.25) is 0 Å². The lowest BCUT2D eigenvalue weighted by atomic mass is 10.2. The first kappa shape index (κ1) is 17.1. The lowest BCUT2D eigenvalue weighted by molar-refractivity contribution is 0.0731. The minimum absolute atomic E-state index is 0.0536. The van der Waals surface area contributed by atoms with Gasteiger partial charge < -0.3 is 10.0 Å². The number of aromatic nitrogens is 3. The zero-order valence-corrected chi connectivity index (χ0v) is 13.8. The van der Waals surface area contributed by atoms with Crippen LogP contribution in [0.5, 0.6) is 0 Å².